The first-order valence-corrected chi connectivity index (χ1v) is 6.17. The van der Waals surface area contributed by atoms with Crippen molar-refractivity contribution in [3.63, 3.8) is 0 Å². The Hall–Kier alpha value is -0.570. The van der Waals surface area contributed by atoms with Gasteiger partial charge in [0.05, 0.1) is 6.61 Å². The Labute approximate surface area is 102 Å². The number of nitrogens with one attached hydrogen (secondary N) is 1. The summed E-state index contributed by atoms with van der Waals surface area (Å²) in [5, 5.41) is 4.29. The summed E-state index contributed by atoms with van der Waals surface area (Å²) in [6, 6.07) is 8.38. The monoisotopic (exact) mass is 239 g/mol. The Kier molecular flexibility index (Phi) is 3.85. The Balaban J connectivity index is 2.06. The van der Waals surface area contributed by atoms with Gasteiger partial charge >= 0.3 is 0 Å². The molecule has 0 unspecified atom stereocenters. The molecule has 2 atom stereocenters. The molecule has 1 heterocycles. The van der Waals surface area contributed by atoms with Crippen LogP contribution in [0.4, 0.5) is 0 Å². The molecule has 0 spiro atoms. The normalized spacial score (nSPS) is 26.0. The van der Waals surface area contributed by atoms with Gasteiger partial charge in [0.1, 0.15) is 6.23 Å². The second kappa shape index (κ2) is 5.17. The Bertz CT molecular complexity index is 336. The van der Waals surface area contributed by atoms with Crippen molar-refractivity contribution >= 4 is 11.6 Å². The fourth-order valence-corrected chi connectivity index (χ4v) is 2.12. The van der Waals surface area contributed by atoms with Gasteiger partial charge in [-0.1, -0.05) is 37.6 Å². The lowest BCUT2D eigenvalue weighted by Gasteiger charge is -2.33. The molecule has 1 aromatic carbocycles. The van der Waals surface area contributed by atoms with Crippen molar-refractivity contribution in [2.24, 2.45) is 5.92 Å². The number of hydrogen-bond donors (Lipinski definition) is 1. The van der Waals surface area contributed by atoms with Crippen molar-refractivity contribution in [2.75, 3.05) is 6.61 Å². The highest BCUT2D eigenvalue weighted by Crippen LogP contribution is 2.24. The van der Waals surface area contributed by atoms with Crippen molar-refractivity contribution < 1.29 is 4.74 Å². The summed E-state index contributed by atoms with van der Waals surface area (Å²) in [5.41, 5.74) is 1.15. The molecule has 0 aromatic heterocycles. The zero-order valence-corrected chi connectivity index (χ0v) is 10.5. The molecule has 1 aliphatic heterocycles. The number of rotatable bonds is 2. The van der Waals surface area contributed by atoms with Crippen LogP contribution < -0.4 is 5.32 Å². The van der Waals surface area contributed by atoms with Gasteiger partial charge in [-0.2, -0.15) is 0 Å². The van der Waals surface area contributed by atoms with Crippen molar-refractivity contribution in [3.8, 4) is 0 Å². The van der Waals surface area contributed by atoms with Crippen LogP contribution in [0.15, 0.2) is 24.3 Å². The Morgan fingerprint density at radius 2 is 2.00 bits per heavy atom. The third-order valence-corrected chi connectivity index (χ3v) is 3.31. The van der Waals surface area contributed by atoms with E-state index >= 15 is 0 Å². The standard InChI is InChI=1S/C13H18ClNO/c1-9(2)12-7-8-16-13(15-12)10-3-5-11(14)6-4-10/h3-6,9,12-13,15H,7-8H2,1-2H3/t12-,13+/m1/s1. The molecule has 1 saturated heterocycles. The highest BCUT2D eigenvalue weighted by atomic mass is 35.5. The second-order valence-electron chi connectivity index (χ2n) is 4.61. The van der Waals surface area contributed by atoms with Gasteiger partial charge < -0.3 is 4.74 Å². The lowest BCUT2D eigenvalue weighted by atomic mass is 9.99. The molecule has 0 amide bonds. The first-order chi connectivity index (χ1) is 7.66. The topological polar surface area (TPSA) is 21.3 Å². The van der Waals surface area contributed by atoms with E-state index in [2.05, 4.69) is 19.2 Å². The third-order valence-electron chi connectivity index (χ3n) is 3.06. The molecule has 3 heteroatoms. The Morgan fingerprint density at radius 1 is 1.31 bits per heavy atom. The van der Waals surface area contributed by atoms with E-state index in [9.17, 15) is 0 Å². The number of halogens is 1. The van der Waals surface area contributed by atoms with Gasteiger partial charge in [-0.15, -0.1) is 0 Å². The largest absolute Gasteiger partial charge is 0.359 e. The van der Waals surface area contributed by atoms with Crippen LogP contribution in [0.2, 0.25) is 5.02 Å². The zero-order valence-electron chi connectivity index (χ0n) is 9.74. The van der Waals surface area contributed by atoms with Gasteiger partial charge in [0.2, 0.25) is 0 Å². The molecular weight excluding hydrogens is 222 g/mol. The van der Waals surface area contributed by atoms with Crippen LogP contribution >= 0.6 is 11.6 Å². The molecule has 0 radical (unpaired) electrons. The summed E-state index contributed by atoms with van der Waals surface area (Å²) in [7, 11) is 0. The van der Waals surface area contributed by atoms with Crippen molar-refractivity contribution in [2.45, 2.75) is 32.5 Å². The van der Waals surface area contributed by atoms with Crippen molar-refractivity contribution in [1.82, 2.24) is 5.32 Å². The van der Waals surface area contributed by atoms with Crippen LogP contribution in [0.5, 0.6) is 0 Å². The van der Waals surface area contributed by atoms with Gasteiger partial charge in [-0.25, -0.2) is 0 Å². The molecule has 0 bridgehead atoms. The second-order valence-corrected chi connectivity index (χ2v) is 5.04. The number of benzene rings is 1. The summed E-state index contributed by atoms with van der Waals surface area (Å²) in [6.07, 6.45) is 1.10. The first kappa shape index (κ1) is 11.9. The summed E-state index contributed by atoms with van der Waals surface area (Å²) in [5.74, 6) is 0.638. The molecule has 1 aliphatic rings. The molecule has 1 N–H and O–H groups in total. The van der Waals surface area contributed by atoms with E-state index in [0.717, 1.165) is 23.6 Å². The molecule has 1 fully saturated rings. The summed E-state index contributed by atoms with van der Waals surface area (Å²) in [4.78, 5) is 0. The van der Waals surface area contributed by atoms with E-state index in [1.807, 2.05) is 24.3 Å². The van der Waals surface area contributed by atoms with Crippen molar-refractivity contribution in [1.29, 1.82) is 0 Å². The quantitative estimate of drug-likeness (QED) is 0.855. The van der Waals surface area contributed by atoms with Crippen molar-refractivity contribution in [3.05, 3.63) is 34.9 Å². The van der Waals surface area contributed by atoms with E-state index in [1.165, 1.54) is 0 Å². The van der Waals surface area contributed by atoms with E-state index < -0.39 is 0 Å². The molecular formula is C13H18ClNO. The van der Waals surface area contributed by atoms with E-state index in [0.29, 0.717) is 12.0 Å². The highest BCUT2D eigenvalue weighted by molar-refractivity contribution is 6.30. The average Bonchev–Trinajstić information content (AvgIpc) is 2.30. The third kappa shape index (κ3) is 2.76. The molecule has 16 heavy (non-hydrogen) atoms. The molecule has 0 saturated carbocycles. The lowest BCUT2D eigenvalue weighted by Crippen LogP contribution is -2.43. The minimum Gasteiger partial charge on any atom is -0.359 e. The van der Waals surface area contributed by atoms with Crippen LogP contribution in [0, 0.1) is 5.92 Å². The number of ether oxygens (including phenoxy) is 1. The van der Waals surface area contributed by atoms with Crippen LogP contribution in [0.25, 0.3) is 0 Å². The summed E-state index contributed by atoms with van der Waals surface area (Å²) in [6.45, 7) is 5.30. The average molecular weight is 240 g/mol. The van der Waals surface area contributed by atoms with Gasteiger partial charge in [0.15, 0.2) is 0 Å². The molecule has 2 nitrogen and oxygen atoms in total. The first-order valence-electron chi connectivity index (χ1n) is 5.80. The van der Waals surface area contributed by atoms with Gasteiger partial charge in [0, 0.05) is 11.1 Å². The highest BCUT2D eigenvalue weighted by Gasteiger charge is 2.24. The van der Waals surface area contributed by atoms with E-state index in [1.54, 1.807) is 0 Å². The maximum absolute atomic E-state index is 5.87. The Morgan fingerprint density at radius 3 is 2.62 bits per heavy atom. The van der Waals surface area contributed by atoms with Gasteiger partial charge in [-0.05, 0) is 30.0 Å². The van der Waals surface area contributed by atoms with E-state index in [4.69, 9.17) is 16.3 Å². The summed E-state index contributed by atoms with van der Waals surface area (Å²) >= 11 is 5.87. The molecule has 0 aliphatic carbocycles. The van der Waals surface area contributed by atoms with Crippen LogP contribution in [0.1, 0.15) is 32.1 Å². The molecule has 1 aromatic rings. The SMILES string of the molecule is CC(C)[C@H]1CCO[C@@H](c2ccc(Cl)cc2)N1. The van der Waals surface area contributed by atoms with Gasteiger partial charge in [0.25, 0.3) is 0 Å². The number of hydrogen-bond acceptors (Lipinski definition) is 2. The fraction of sp³-hybridized carbons (Fsp3) is 0.538. The summed E-state index contributed by atoms with van der Waals surface area (Å²) < 4.78 is 5.73. The zero-order chi connectivity index (χ0) is 11.5. The maximum Gasteiger partial charge on any atom is 0.134 e. The van der Waals surface area contributed by atoms with Crippen LogP contribution in [-0.4, -0.2) is 12.6 Å². The molecule has 88 valence electrons. The predicted octanol–water partition coefficient (Wildman–Crippen LogP) is 3.37. The van der Waals surface area contributed by atoms with Crippen LogP contribution in [0.3, 0.4) is 0 Å². The minimum atomic E-state index is 0.0124. The predicted molar refractivity (Wildman–Crippen MR) is 66.5 cm³/mol. The van der Waals surface area contributed by atoms with Crippen LogP contribution in [-0.2, 0) is 4.74 Å². The lowest BCUT2D eigenvalue weighted by molar-refractivity contribution is -0.0278. The smallest absolute Gasteiger partial charge is 0.134 e. The fourth-order valence-electron chi connectivity index (χ4n) is 1.99. The van der Waals surface area contributed by atoms with E-state index in [-0.39, 0.29) is 6.23 Å². The minimum absolute atomic E-state index is 0.0124. The maximum atomic E-state index is 5.87. The molecule has 2 rings (SSSR count). The van der Waals surface area contributed by atoms with Gasteiger partial charge in [-0.3, -0.25) is 5.32 Å².